The molecule has 1 aromatic rings. The Hall–Kier alpha value is -1.25. The Labute approximate surface area is 76.6 Å². The lowest BCUT2D eigenvalue weighted by atomic mass is 9.95. The Morgan fingerprint density at radius 3 is 2.85 bits per heavy atom. The summed E-state index contributed by atoms with van der Waals surface area (Å²) in [6.45, 7) is 0. The second kappa shape index (κ2) is 2.91. The highest BCUT2D eigenvalue weighted by Gasteiger charge is 2.16. The fraction of sp³-hybridized carbons (Fsp3) is 0.500. The van der Waals surface area contributed by atoms with Gasteiger partial charge in [0, 0.05) is 24.4 Å². The van der Waals surface area contributed by atoms with E-state index in [-0.39, 0.29) is 11.3 Å². The quantitative estimate of drug-likeness (QED) is 0.644. The first kappa shape index (κ1) is 8.35. The molecule has 0 saturated carbocycles. The molecule has 0 saturated heterocycles. The van der Waals surface area contributed by atoms with E-state index < -0.39 is 0 Å². The number of fused-ring (bicyclic) bond motifs is 1. The molecule has 1 aromatic heterocycles. The Bertz CT molecular complexity index is 393. The Morgan fingerprint density at radius 2 is 2.08 bits per heavy atom. The van der Waals surface area contributed by atoms with Crippen molar-refractivity contribution in [2.45, 2.75) is 25.7 Å². The summed E-state index contributed by atoms with van der Waals surface area (Å²) in [4.78, 5) is 11.3. The first-order valence-electron chi connectivity index (χ1n) is 4.61. The molecule has 70 valence electrons. The van der Waals surface area contributed by atoms with E-state index in [0.717, 1.165) is 36.9 Å². The van der Waals surface area contributed by atoms with Crippen LogP contribution in [0.25, 0.3) is 0 Å². The largest absolute Gasteiger partial charge is 0.507 e. The van der Waals surface area contributed by atoms with E-state index >= 15 is 0 Å². The predicted octanol–water partition coefficient (Wildman–Crippen LogP) is 0.970. The lowest BCUT2D eigenvalue weighted by Gasteiger charge is -2.19. The highest BCUT2D eigenvalue weighted by molar-refractivity contribution is 5.36. The summed E-state index contributed by atoms with van der Waals surface area (Å²) in [6.07, 6.45) is 4.03. The summed E-state index contributed by atoms with van der Waals surface area (Å²) in [5.41, 5.74) is 1.86. The summed E-state index contributed by atoms with van der Waals surface area (Å²) >= 11 is 0. The highest BCUT2D eigenvalue weighted by Crippen LogP contribution is 2.26. The Kier molecular flexibility index (Phi) is 1.87. The fourth-order valence-corrected chi connectivity index (χ4v) is 1.97. The lowest BCUT2D eigenvalue weighted by Crippen LogP contribution is -2.23. The van der Waals surface area contributed by atoms with E-state index in [9.17, 15) is 9.90 Å². The average molecular weight is 179 g/mol. The van der Waals surface area contributed by atoms with Gasteiger partial charge in [0.25, 0.3) is 5.56 Å². The SMILES string of the molecule is Cn1c2c(c(O)cc1=O)CCCC2. The first-order valence-corrected chi connectivity index (χ1v) is 4.61. The number of aromatic nitrogens is 1. The maximum absolute atomic E-state index is 11.3. The third kappa shape index (κ3) is 1.24. The molecule has 13 heavy (non-hydrogen) atoms. The van der Waals surface area contributed by atoms with Gasteiger partial charge < -0.3 is 9.67 Å². The third-order valence-electron chi connectivity index (χ3n) is 2.74. The van der Waals surface area contributed by atoms with Crippen molar-refractivity contribution < 1.29 is 5.11 Å². The minimum atomic E-state index is -0.113. The molecule has 1 aliphatic carbocycles. The van der Waals surface area contributed by atoms with Crippen LogP contribution >= 0.6 is 0 Å². The summed E-state index contributed by atoms with van der Waals surface area (Å²) in [5.74, 6) is 0.179. The topological polar surface area (TPSA) is 42.2 Å². The Balaban J connectivity index is 2.70. The summed E-state index contributed by atoms with van der Waals surface area (Å²) in [6, 6.07) is 1.31. The normalized spacial score (nSPS) is 15.5. The van der Waals surface area contributed by atoms with Crippen molar-refractivity contribution in [2.75, 3.05) is 0 Å². The summed E-state index contributed by atoms with van der Waals surface area (Å²) in [5, 5.41) is 9.55. The molecule has 3 heteroatoms. The number of hydrogen-bond donors (Lipinski definition) is 1. The molecule has 0 aliphatic heterocycles. The van der Waals surface area contributed by atoms with Gasteiger partial charge in [0.15, 0.2) is 0 Å². The molecule has 3 nitrogen and oxygen atoms in total. The van der Waals surface area contributed by atoms with Gasteiger partial charge in [0.1, 0.15) is 5.75 Å². The smallest absolute Gasteiger partial charge is 0.254 e. The van der Waals surface area contributed by atoms with Crippen LogP contribution in [-0.2, 0) is 19.9 Å². The second-order valence-corrected chi connectivity index (χ2v) is 3.56. The van der Waals surface area contributed by atoms with Crippen molar-refractivity contribution in [3.05, 3.63) is 27.7 Å². The molecule has 1 N–H and O–H groups in total. The zero-order valence-electron chi connectivity index (χ0n) is 7.71. The monoisotopic (exact) mass is 179 g/mol. The number of rotatable bonds is 0. The molecule has 1 heterocycles. The van der Waals surface area contributed by atoms with Crippen LogP contribution in [0.5, 0.6) is 5.75 Å². The van der Waals surface area contributed by atoms with Gasteiger partial charge in [-0.15, -0.1) is 0 Å². The van der Waals surface area contributed by atoms with Crippen molar-refractivity contribution >= 4 is 0 Å². The fourth-order valence-electron chi connectivity index (χ4n) is 1.97. The molecule has 0 aromatic carbocycles. The number of aromatic hydroxyl groups is 1. The standard InChI is InChI=1S/C10H13NO2/c1-11-8-5-3-2-4-7(8)9(12)6-10(11)13/h6,12H,2-5H2,1H3. The van der Waals surface area contributed by atoms with Gasteiger partial charge in [-0.05, 0) is 25.7 Å². The van der Waals surface area contributed by atoms with Crippen LogP contribution in [0.4, 0.5) is 0 Å². The van der Waals surface area contributed by atoms with E-state index in [0.29, 0.717) is 0 Å². The van der Waals surface area contributed by atoms with Gasteiger partial charge in [-0.2, -0.15) is 0 Å². The van der Waals surface area contributed by atoms with Gasteiger partial charge in [-0.25, -0.2) is 0 Å². The van der Waals surface area contributed by atoms with Crippen LogP contribution in [0.15, 0.2) is 10.9 Å². The van der Waals surface area contributed by atoms with Crippen LogP contribution in [-0.4, -0.2) is 9.67 Å². The molecule has 0 spiro atoms. The van der Waals surface area contributed by atoms with Crippen LogP contribution in [0.2, 0.25) is 0 Å². The van der Waals surface area contributed by atoms with Gasteiger partial charge in [-0.3, -0.25) is 4.79 Å². The van der Waals surface area contributed by atoms with Crippen molar-refractivity contribution in [3.8, 4) is 5.75 Å². The molecular weight excluding hydrogens is 166 g/mol. The molecule has 0 unspecified atom stereocenters. The van der Waals surface area contributed by atoms with Gasteiger partial charge in [0.05, 0.1) is 0 Å². The van der Waals surface area contributed by atoms with Crippen molar-refractivity contribution in [1.82, 2.24) is 4.57 Å². The second-order valence-electron chi connectivity index (χ2n) is 3.56. The van der Waals surface area contributed by atoms with Crippen LogP contribution in [0.1, 0.15) is 24.1 Å². The molecule has 0 bridgehead atoms. The van der Waals surface area contributed by atoms with Crippen LogP contribution in [0, 0.1) is 0 Å². The predicted molar refractivity (Wildman–Crippen MR) is 50.0 cm³/mol. The lowest BCUT2D eigenvalue weighted by molar-refractivity contribution is 0.454. The molecular formula is C10H13NO2. The van der Waals surface area contributed by atoms with Gasteiger partial charge in [0.2, 0.25) is 0 Å². The minimum Gasteiger partial charge on any atom is -0.507 e. The molecule has 0 fully saturated rings. The van der Waals surface area contributed by atoms with E-state index in [2.05, 4.69) is 0 Å². The molecule has 0 amide bonds. The molecule has 0 radical (unpaired) electrons. The van der Waals surface area contributed by atoms with E-state index in [1.807, 2.05) is 0 Å². The van der Waals surface area contributed by atoms with Crippen LogP contribution < -0.4 is 5.56 Å². The van der Waals surface area contributed by atoms with Gasteiger partial charge >= 0.3 is 0 Å². The number of pyridine rings is 1. The first-order chi connectivity index (χ1) is 6.20. The maximum atomic E-state index is 11.3. The van der Waals surface area contributed by atoms with E-state index in [1.165, 1.54) is 6.07 Å². The third-order valence-corrected chi connectivity index (χ3v) is 2.74. The zero-order chi connectivity index (χ0) is 9.42. The number of hydrogen-bond acceptors (Lipinski definition) is 2. The van der Waals surface area contributed by atoms with Crippen molar-refractivity contribution in [2.24, 2.45) is 7.05 Å². The zero-order valence-corrected chi connectivity index (χ0v) is 7.71. The highest BCUT2D eigenvalue weighted by atomic mass is 16.3. The van der Waals surface area contributed by atoms with Crippen LogP contribution in [0.3, 0.4) is 0 Å². The molecule has 2 rings (SSSR count). The maximum Gasteiger partial charge on any atom is 0.254 e. The number of nitrogens with zero attached hydrogens (tertiary/aromatic N) is 1. The van der Waals surface area contributed by atoms with Gasteiger partial charge in [-0.1, -0.05) is 0 Å². The van der Waals surface area contributed by atoms with Crippen molar-refractivity contribution in [3.63, 3.8) is 0 Å². The molecule has 0 atom stereocenters. The summed E-state index contributed by atoms with van der Waals surface area (Å²) < 4.78 is 1.65. The molecule has 1 aliphatic rings. The average Bonchev–Trinajstić information content (AvgIpc) is 2.15. The minimum absolute atomic E-state index is 0.113. The Morgan fingerprint density at radius 1 is 1.38 bits per heavy atom. The van der Waals surface area contributed by atoms with E-state index in [4.69, 9.17) is 0 Å². The summed E-state index contributed by atoms with van der Waals surface area (Å²) in [7, 11) is 1.77. The van der Waals surface area contributed by atoms with Crippen molar-refractivity contribution in [1.29, 1.82) is 0 Å². The van der Waals surface area contributed by atoms with E-state index in [1.54, 1.807) is 11.6 Å².